The molecule has 0 saturated carbocycles. The number of halogens is 1. The zero-order valence-electron chi connectivity index (χ0n) is 22.5. The second kappa shape index (κ2) is 12.4. The van der Waals surface area contributed by atoms with Gasteiger partial charge in [0.2, 0.25) is 28.6 Å². The second-order valence-electron chi connectivity index (χ2n) is 9.82. The van der Waals surface area contributed by atoms with Gasteiger partial charge in [-0.15, -0.1) is 0 Å². The van der Waals surface area contributed by atoms with Crippen LogP contribution in [-0.2, 0) is 32.6 Å². The van der Waals surface area contributed by atoms with E-state index in [1.165, 1.54) is 41.3 Å². The first-order valence-corrected chi connectivity index (χ1v) is 14.6. The predicted molar refractivity (Wildman–Crippen MR) is 149 cm³/mol. The minimum Gasteiger partial charge on any atom is -0.454 e. The fourth-order valence-electron chi connectivity index (χ4n) is 4.38. The summed E-state index contributed by atoms with van der Waals surface area (Å²) >= 11 is 0. The van der Waals surface area contributed by atoms with E-state index in [1.807, 2.05) is 44.2 Å². The van der Waals surface area contributed by atoms with Crippen LogP contribution in [0.2, 0.25) is 0 Å². The molecule has 11 heteroatoms. The number of hydrogen-bond acceptors (Lipinski definition) is 6. The number of fused-ring (bicyclic) bond motifs is 1. The number of rotatable bonds is 11. The first-order valence-electron chi connectivity index (χ1n) is 12.8. The van der Waals surface area contributed by atoms with E-state index in [0.717, 1.165) is 16.1 Å². The van der Waals surface area contributed by atoms with E-state index < -0.39 is 34.3 Å². The van der Waals surface area contributed by atoms with Crippen LogP contribution in [0.4, 0.5) is 10.1 Å². The standard InChI is InChI=1S/C29H32FN3O6S/c1-20(2)31-29(35)25(15-21-7-5-4-6-8-21)32(17-22-9-11-23(30)12-10-22)28(34)18-33(40(3,36)37)24-13-14-26-27(16-24)39-19-38-26/h4-14,16,20,25H,15,17-19H2,1-3H3,(H,31,35)/t25-/m0/s1. The number of benzene rings is 3. The van der Waals surface area contributed by atoms with Crippen LogP contribution in [0.1, 0.15) is 25.0 Å². The molecule has 212 valence electrons. The van der Waals surface area contributed by atoms with Crippen molar-refractivity contribution in [3.8, 4) is 11.5 Å². The van der Waals surface area contributed by atoms with Crippen LogP contribution in [-0.4, -0.2) is 56.8 Å². The summed E-state index contributed by atoms with van der Waals surface area (Å²) in [7, 11) is -3.93. The first kappa shape index (κ1) is 28.9. The minimum atomic E-state index is -3.93. The lowest BCUT2D eigenvalue weighted by molar-refractivity contribution is -0.140. The Balaban J connectivity index is 1.72. The van der Waals surface area contributed by atoms with E-state index in [1.54, 1.807) is 6.07 Å². The highest BCUT2D eigenvalue weighted by Gasteiger charge is 2.33. The molecule has 0 saturated heterocycles. The van der Waals surface area contributed by atoms with Crippen molar-refractivity contribution < 1.29 is 31.9 Å². The van der Waals surface area contributed by atoms with Crippen LogP contribution >= 0.6 is 0 Å². The van der Waals surface area contributed by atoms with Gasteiger partial charge in [0.05, 0.1) is 11.9 Å². The Morgan fingerprint density at radius 1 is 0.950 bits per heavy atom. The summed E-state index contributed by atoms with van der Waals surface area (Å²) in [6, 6.07) is 18.3. The van der Waals surface area contributed by atoms with Gasteiger partial charge in [-0.3, -0.25) is 13.9 Å². The Kier molecular flexibility index (Phi) is 8.93. The molecule has 2 amide bonds. The van der Waals surface area contributed by atoms with Crippen molar-refractivity contribution in [3.63, 3.8) is 0 Å². The zero-order chi connectivity index (χ0) is 28.9. The molecule has 0 aromatic heterocycles. The number of nitrogens with zero attached hydrogens (tertiary/aromatic N) is 2. The van der Waals surface area contributed by atoms with Crippen LogP contribution in [0, 0.1) is 5.82 Å². The van der Waals surface area contributed by atoms with E-state index in [-0.39, 0.29) is 37.4 Å². The van der Waals surface area contributed by atoms with Gasteiger partial charge in [0.25, 0.3) is 0 Å². The first-order chi connectivity index (χ1) is 19.0. The number of carbonyl (C=O) groups is 2. The lowest BCUT2D eigenvalue weighted by atomic mass is 10.0. The Bertz CT molecular complexity index is 1450. The number of carbonyl (C=O) groups excluding carboxylic acids is 2. The van der Waals surface area contributed by atoms with Crippen LogP contribution in [0.25, 0.3) is 0 Å². The highest BCUT2D eigenvalue weighted by atomic mass is 32.2. The number of sulfonamides is 1. The summed E-state index contributed by atoms with van der Waals surface area (Å²) in [4.78, 5) is 28.9. The minimum absolute atomic E-state index is 0.00810. The van der Waals surface area contributed by atoms with Gasteiger partial charge in [0.15, 0.2) is 11.5 Å². The number of amides is 2. The molecule has 1 aliphatic rings. The molecule has 0 bridgehead atoms. The molecule has 40 heavy (non-hydrogen) atoms. The molecule has 0 radical (unpaired) electrons. The normalized spacial score (nSPS) is 13.1. The predicted octanol–water partition coefficient (Wildman–Crippen LogP) is 3.49. The highest BCUT2D eigenvalue weighted by Crippen LogP contribution is 2.36. The molecule has 9 nitrogen and oxygen atoms in total. The van der Waals surface area contributed by atoms with Crippen molar-refractivity contribution in [1.29, 1.82) is 0 Å². The summed E-state index contributed by atoms with van der Waals surface area (Å²) in [6.07, 6.45) is 1.19. The molecule has 0 fully saturated rings. The third kappa shape index (κ3) is 7.29. The summed E-state index contributed by atoms with van der Waals surface area (Å²) in [5.41, 5.74) is 1.62. The lowest BCUT2D eigenvalue weighted by Gasteiger charge is -2.34. The van der Waals surface area contributed by atoms with Gasteiger partial charge in [-0.1, -0.05) is 42.5 Å². The van der Waals surface area contributed by atoms with Crippen LogP contribution in [0.5, 0.6) is 11.5 Å². The van der Waals surface area contributed by atoms with Gasteiger partial charge in [0, 0.05) is 25.1 Å². The van der Waals surface area contributed by atoms with Crippen LogP contribution < -0.4 is 19.1 Å². The lowest BCUT2D eigenvalue weighted by Crippen LogP contribution is -2.54. The molecule has 4 rings (SSSR count). The molecular weight excluding hydrogens is 537 g/mol. The molecule has 3 aromatic carbocycles. The quantitative estimate of drug-likeness (QED) is 0.379. The van der Waals surface area contributed by atoms with E-state index >= 15 is 0 Å². The maximum Gasteiger partial charge on any atom is 0.244 e. The summed E-state index contributed by atoms with van der Waals surface area (Å²) in [6.45, 7) is 3.03. The van der Waals surface area contributed by atoms with Crippen molar-refractivity contribution in [2.45, 2.75) is 38.9 Å². The van der Waals surface area contributed by atoms with E-state index in [0.29, 0.717) is 17.1 Å². The van der Waals surface area contributed by atoms with E-state index in [9.17, 15) is 22.4 Å². The maximum atomic E-state index is 14.0. The monoisotopic (exact) mass is 569 g/mol. The molecule has 0 spiro atoms. The Morgan fingerprint density at radius 2 is 1.62 bits per heavy atom. The van der Waals surface area contributed by atoms with Crippen molar-refractivity contribution in [3.05, 3.63) is 89.7 Å². The number of ether oxygens (including phenoxy) is 2. The molecule has 1 atom stereocenters. The second-order valence-corrected chi connectivity index (χ2v) is 11.7. The Labute approximate surface area is 233 Å². The van der Waals surface area contributed by atoms with E-state index in [2.05, 4.69) is 5.32 Å². The summed E-state index contributed by atoms with van der Waals surface area (Å²) in [5, 5.41) is 2.88. The molecule has 0 unspecified atom stereocenters. The average Bonchev–Trinajstić information content (AvgIpc) is 3.38. The van der Waals surface area contributed by atoms with Crippen LogP contribution in [0.15, 0.2) is 72.8 Å². The Morgan fingerprint density at radius 3 is 2.27 bits per heavy atom. The van der Waals surface area contributed by atoms with Crippen molar-refractivity contribution in [2.24, 2.45) is 0 Å². The molecule has 1 aliphatic heterocycles. The number of nitrogens with one attached hydrogen (secondary N) is 1. The van der Waals surface area contributed by atoms with Gasteiger partial charge < -0.3 is 19.7 Å². The average molecular weight is 570 g/mol. The van der Waals surface area contributed by atoms with Gasteiger partial charge in [-0.2, -0.15) is 0 Å². The highest BCUT2D eigenvalue weighted by molar-refractivity contribution is 7.92. The summed E-state index contributed by atoms with van der Waals surface area (Å²) in [5.74, 6) is -0.601. The smallest absolute Gasteiger partial charge is 0.244 e. The van der Waals surface area contributed by atoms with Gasteiger partial charge in [0.1, 0.15) is 18.4 Å². The molecule has 1 N–H and O–H groups in total. The topological polar surface area (TPSA) is 105 Å². The summed E-state index contributed by atoms with van der Waals surface area (Å²) < 4.78 is 51.1. The van der Waals surface area contributed by atoms with Crippen molar-refractivity contribution >= 4 is 27.5 Å². The number of hydrogen-bond donors (Lipinski definition) is 1. The molecular formula is C29H32FN3O6S. The van der Waals surface area contributed by atoms with Crippen LogP contribution in [0.3, 0.4) is 0 Å². The van der Waals surface area contributed by atoms with Gasteiger partial charge >= 0.3 is 0 Å². The zero-order valence-corrected chi connectivity index (χ0v) is 23.4. The fraction of sp³-hybridized carbons (Fsp3) is 0.310. The third-order valence-corrected chi connectivity index (χ3v) is 7.43. The van der Waals surface area contributed by atoms with Crippen molar-refractivity contribution in [2.75, 3.05) is 23.9 Å². The maximum absolute atomic E-state index is 14.0. The largest absolute Gasteiger partial charge is 0.454 e. The van der Waals surface area contributed by atoms with E-state index in [4.69, 9.17) is 9.47 Å². The van der Waals surface area contributed by atoms with Gasteiger partial charge in [-0.25, -0.2) is 12.8 Å². The van der Waals surface area contributed by atoms with Gasteiger partial charge in [-0.05, 0) is 49.2 Å². The fourth-order valence-corrected chi connectivity index (χ4v) is 5.22. The molecule has 3 aromatic rings. The number of anilines is 1. The Hall–Kier alpha value is -4.12. The SMILES string of the molecule is CC(C)NC(=O)[C@H](Cc1ccccc1)N(Cc1ccc(F)cc1)C(=O)CN(c1ccc2c(c1)OCO2)S(C)(=O)=O. The third-order valence-electron chi connectivity index (χ3n) is 6.29. The molecule has 0 aliphatic carbocycles. The molecule has 1 heterocycles. The van der Waals surface area contributed by atoms with Crippen molar-refractivity contribution in [1.82, 2.24) is 10.2 Å².